The molecule has 0 unspecified atom stereocenters. The first-order chi connectivity index (χ1) is 9.97. The van der Waals surface area contributed by atoms with Crippen molar-refractivity contribution in [1.29, 1.82) is 0 Å². The monoisotopic (exact) mass is 352 g/mol. The molecule has 1 aliphatic carbocycles. The normalized spacial score (nSPS) is 22.9. The molecule has 0 aliphatic heterocycles. The Bertz CT molecular complexity index is 543. The predicted molar refractivity (Wildman–Crippen MR) is 86.6 cm³/mol. The van der Waals surface area contributed by atoms with E-state index in [9.17, 15) is 4.79 Å². The van der Waals surface area contributed by atoms with Gasteiger partial charge in [0.25, 0.3) is 0 Å². The van der Waals surface area contributed by atoms with E-state index in [0.29, 0.717) is 5.92 Å². The summed E-state index contributed by atoms with van der Waals surface area (Å²) >= 11 is 3.52. The molecule has 1 aromatic rings. The van der Waals surface area contributed by atoms with Crippen molar-refractivity contribution >= 4 is 21.9 Å². The summed E-state index contributed by atoms with van der Waals surface area (Å²) in [7, 11) is 0. The third-order valence-corrected chi connectivity index (χ3v) is 5.04. The van der Waals surface area contributed by atoms with E-state index in [-0.39, 0.29) is 6.10 Å². The third kappa shape index (κ3) is 4.34. The Morgan fingerprint density at radius 2 is 2.00 bits per heavy atom. The summed E-state index contributed by atoms with van der Waals surface area (Å²) < 4.78 is 7.17. The molecule has 3 nitrogen and oxygen atoms in total. The highest BCUT2D eigenvalue weighted by Crippen LogP contribution is 2.33. The van der Waals surface area contributed by atoms with Gasteiger partial charge in [-0.15, -0.1) is 0 Å². The van der Waals surface area contributed by atoms with Crippen LogP contribution in [0.2, 0.25) is 0 Å². The number of hydrogen-bond donors (Lipinski definition) is 1. The van der Waals surface area contributed by atoms with Gasteiger partial charge in [-0.05, 0) is 57.6 Å². The van der Waals surface area contributed by atoms with Gasteiger partial charge in [0.05, 0.1) is 6.10 Å². The van der Waals surface area contributed by atoms with Crippen molar-refractivity contribution in [2.45, 2.75) is 45.6 Å². The summed E-state index contributed by atoms with van der Waals surface area (Å²) in [6, 6.07) is 6.00. The van der Waals surface area contributed by atoms with Crippen LogP contribution in [0.4, 0.5) is 0 Å². The van der Waals surface area contributed by atoms with Gasteiger partial charge >= 0.3 is 5.97 Å². The van der Waals surface area contributed by atoms with Crippen LogP contribution < -0.4 is 4.74 Å². The number of hydrogen-bond acceptors (Lipinski definition) is 2. The van der Waals surface area contributed by atoms with Gasteiger partial charge in [-0.3, -0.25) is 0 Å². The lowest BCUT2D eigenvalue weighted by Gasteiger charge is -2.30. The molecule has 0 spiro atoms. The van der Waals surface area contributed by atoms with Crippen LogP contribution in [0.25, 0.3) is 0 Å². The molecule has 114 valence electrons. The van der Waals surface area contributed by atoms with Gasteiger partial charge in [0.2, 0.25) is 0 Å². The number of carbonyl (C=O) groups is 1. The molecule has 4 heteroatoms. The van der Waals surface area contributed by atoms with Crippen molar-refractivity contribution in [3.8, 4) is 5.75 Å². The maximum atomic E-state index is 10.7. The fraction of sp³-hybridized carbons (Fsp3) is 0.471. The topological polar surface area (TPSA) is 46.5 Å². The quantitative estimate of drug-likeness (QED) is 0.797. The Balaban J connectivity index is 1.93. The Hall–Kier alpha value is -1.29. The highest BCUT2D eigenvalue weighted by atomic mass is 79.9. The molecule has 0 amide bonds. The molecule has 1 aromatic carbocycles. The summed E-state index contributed by atoms with van der Waals surface area (Å²) in [5.41, 5.74) is 2.10. The van der Waals surface area contributed by atoms with Gasteiger partial charge in [0, 0.05) is 16.1 Å². The zero-order chi connectivity index (χ0) is 15.4. The average molecular weight is 353 g/mol. The molecule has 1 N–H and O–H groups in total. The SMILES string of the molecule is C/C(=C\C(=O)O)C1CCC(Oc2cccc(Br)c2C)CC1. The maximum absolute atomic E-state index is 10.7. The molecule has 0 radical (unpaired) electrons. The van der Waals surface area contributed by atoms with E-state index >= 15 is 0 Å². The first kappa shape index (κ1) is 16.1. The van der Waals surface area contributed by atoms with E-state index < -0.39 is 5.97 Å². The van der Waals surface area contributed by atoms with Gasteiger partial charge in [-0.2, -0.15) is 0 Å². The maximum Gasteiger partial charge on any atom is 0.328 e. The number of rotatable bonds is 4. The number of allylic oxidation sites excluding steroid dienone is 1. The summed E-state index contributed by atoms with van der Waals surface area (Å²) in [5.74, 6) is 0.464. The standard InChI is InChI=1S/C17H21BrO3/c1-11(10-17(19)20)13-6-8-14(9-7-13)21-16-5-3-4-15(18)12(16)2/h3-5,10,13-14H,6-9H2,1-2H3,(H,19,20)/b11-10+. The highest BCUT2D eigenvalue weighted by Gasteiger charge is 2.24. The van der Waals surface area contributed by atoms with Crippen molar-refractivity contribution in [3.05, 3.63) is 39.9 Å². The number of carboxylic acids is 1. The second kappa shape index (κ2) is 7.12. The van der Waals surface area contributed by atoms with Crippen LogP contribution in [0.5, 0.6) is 5.75 Å². The predicted octanol–water partition coefficient (Wildman–Crippen LogP) is 4.73. The zero-order valence-corrected chi connectivity index (χ0v) is 14.0. The van der Waals surface area contributed by atoms with Crippen molar-refractivity contribution in [2.75, 3.05) is 0 Å². The third-order valence-electron chi connectivity index (χ3n) is 4.18. The Morgan fingerprint density at radius 1 is 1.33 bits per heavy atom. The summed E-state index contributed by atoms with van der Waals surface area (Å²) in [6.07, 6.45) is 5.50. The van der Waals surface area contributed by atoms with Crippen molar-refractivity contribution in [3.63, 3.8) is 0 Å². The van der Waals surface area contributed by atoms with Gasteiger partial charge < -0.3 is 9.84 Å². The lowest BCUT2D eigenvalue weighted by atomic mass is 9.83. The van der Waals surface area contributed by atoms with Crippen LogP contribution in [-0.4, -0.2) is 17.2 Å². The highest BCUT2D eigenvalue weighted by molar-refractivity contribution is 9.10. The Labute approximate surface area is 134 Å². The fourth-order valence-corrected chi connectivity index (χ4v) is 3.19. The molecule has 0 bridgehead atoms. The molecule has 0 atom stereocenters. The average Bonchev–Trinajstić information content (AvgIpc) is 2.44. The van der Waals surface area contributed by atoms with Crippen LogP contribution in [0.15, 0.2) is 34.3 Å². The van der Waals surface area contributed by atoms with E-state index in [0.717, 1.165) is 47.0 Å². The molecular formula is C17H21BrO3. The zero-order valence-electron chi connectivity index (χ0n) is 12.4. The number of aliphatic carboxylic acids is 1. The first-order valence-corrected chi connectivity index (χ1v) is 8.09. The lowest BCUT2D eigenvalue weighted by molar-refractivity contribution is -0.131. The van der Waals surface area contributed by atoms with E-state index in [1.54, 1.807) is 0 Å². The van der Waals surface area contributed by atoms with E-state index in [4.69, 9.17) is 9.84 Å². The Kier molecular flexibility index (Phi) is 5.45. The molecule has 1 fully saturated rings. The van der Waals surface area contributed by atoms with Gasteiger partial charge in [-0.1, -0.05) is 27.6 Å². The van der Waals surface area contributed by atoms with E-state index in [1.165, 1.54) is 6.08 Å². The van der Waals surface area contributed by atoms with Crippen molar-refractivity contribution < 1.29 is 14.6 Å². The smallest absolute Gasteiger partial charge is 0.328 e. The van der Waals surface area contributed by atoms with Crippen LogP contribution in [0, 0.1) is 12.8 Å². The molecular weight excluding hydrogens is 332 g/mol. The van der Waals surface area contributed by atoms with E-state index in [2.05, 4.69) is 15.9 Å². The van der Waals surface area contributed by atoms with Crippen molar-refractivity contribution in [1.82, 2.24) is 0 Å². The Morgan fingerprint density at radius 3 is 2.62 bits per heavy atom. The van der Waals surface area contributed by atoms with E-state index in [1.807, 2.05) is 32.0 Å². The fourth-order valence-electron chi connectivity index (χ4n) is 2.84. The van der Waals surface area contributed by atoms with Gasteiger partial charge in [0.15, 0.2) is 0 Å². The molecule has 2 rings (SSSR count). The lowest BCUT2D eigenvalue weighted by Crippen LogP contribution is -2.25. The first-order valence-electron chi connectivity index (χ1n) is 7.30. The van der Waals surface area contributed by atoms with Crippen LogP contribution in [0.3, 0.4) is 0 Å². The van der Waals surface area contributed by atoms with Crippen LogP contribution in [0.1, 0.15) is 38.2 Å². The second-order valence-electron chi connectivity index (χ2n) is 5.68. The molecule has 0 aromatic heterocycles. The summed E-state index contributed by atoms with van der Waals surface area (Å²) in [4.78, 5) is 10.7. The van der Waals surface area contributed by atoms with Gasteiger partial charge in [0.1, 0.15) is 5.75 Å². The minimum absolute atomic E-state index is 0.229. The van der Waals surface area contributed by atoms with Gasteiger partial charge in [-0.25, -0.2) is 4.79 Å². The van der Waals surface area contributed by atoms with Crippen LogP contribution >= 0.6 is 15.9 Å². The summed E-state index contributed by atoms with van der Waals surface area (Å²) in [5, 5.41) is 8.81. The number of halogens is 1. The van der Waals surface area contributed by atoms with Crippen LogP contribution in [-0.2, 0) is 4.79 Å². The molecule has 21 heavy (non-hydrogen) atoms. The molecule has 1 saturated carbocycles. The summed E-state index contributed by atoms with van der Waals surface area (Å²) in [6.45, 7) is 3.96. The molecule has 0 heterocycles. The molecule has 0 saturated heterocycles. The number of benzene rings is 1. The minimum Gasteiger partial charge on any atom is -0.490 e. The van der Waals surface area contributed by atoms with Crippen molar-refractivity contribution in [2.24, 2.45) is 5.92 Å². The number of carboxylic acid groups (broad SMARTS) is 1. The largest absolute Gasteiger partial charge is 0.490 e. The minimum atomic E-state index is -0.851. The second-order valence-corrected chi connectivity index (χ2v) is 6.54. The molecule has 1 aliphatic rings. The number of ether oxygens (including phenoxy) is 1.